The molecule has 4 heteroatoms. The molecule has 1 amide bonds. The highest BCUT2D eigenvalue weighted by Crippen LogP contribution is 2.15. The summed E-state index contributed by atoms with van der Waals surface area (Å²) in [6, 6.07) is 16.5. The minimum Gasteiger partial charge on any atom is -0.348 e. The molecule has 23 heavy (non-hydrogen) atoms. The molecule has 1 saturated heterocycles. The molecule has 0 bridgehead atoms. The van der Waals surface area contributed by atoms with Crippen LogP contribution in [-0.4, -0.2) is 29.9 Å². The van der Waals surface area contributed by atoms with Crippen molar-refractivity contribution < 1.29 is 9.18 Å². The van der Waals surface area contributed by atoms with Crippen LogP contribution in [0.25, 0.3) is 0 Å². The molecule has 1 aliphatic heterocycles. The monoisotopic (exact) mass is 312 g/mol. The van der Waals surface area contributed by atoms with Gasteiger partial charge in [0.15, 0.2) is 0 Å². The molecule has 0 aliphatic carbocycles. The Morgan fingerprint density at radius 1 is 1.13 bits per heavy atom. The Morgan fingerprint density at radius 3 is 2.65 bits per heavy atom. The Morgan fingerprint density at radius 2 is 1.87 bits per heavy atom. The van der Waals surface area contributed by atoms with Crippen LogP contribution in [0.5, 0.6) is 0 Å². The van der Waals surface area contributed by atoms with Crippen molar-refractivity contribution in [2.24, 2.45) is 0 Å². The van der Waals surface area contributed by atoms with Crippen molar-refractivity contribution in [3.05, 3.63) is 71.5 Å². The second kappa shape index (κ2) is 7.38. The van der Waals surface area contributed by atoms with Crippen LogP contribution >= 0.6 is 0 Å². The number of likely N-dealkylation sites (tertiary alicyclic amines) is 1. The van der Waals surface area contributed by atoms with E-state index in [0.717, 1.165) is 32.5 Å². The first kappa shape index (κ1) is 15.7. The minimum atomic E-state index is -0.470. The quantitative estimate of drug-likeness (QED) is 0.940. The van der Waals surface area contributed by atoms with Gasteiger partial charge in [0.2, 0.25) is 0 Å². The second-order valence-corrected chi connectivity index (χ2v) is 6.01. The van der Waals surface area contributed by atoms with Gasteiger partial charge in [-0.25, -0.2) is 4.39 Å². The fourth-order valence-corrected chi connectivity index (χ4v) is 3.07. The summed E-state index contributed by atoms with van der Waals surface area (Å²) in [5, 5.41) is 2.97. The van der Waals surface area contributed by atoms with E-state index in [0.29, 0.717) is 0 Å². The van der Waals surface area contributed by atoms with Gasteiger partial charge >= 0.3 is 0 Å². The second-order valence-electron chi connectivity index (χ2n) is 6.01. The van der Waals surface area contributed by atoms with Crippen LogP contribution in [0.4, 0.5) is 4.39 Å². The van der Waals surface area contributed by atoms with Gasteiger partial charge in [-0.05, 0) is 37.1 Å². The number of amides is 1. The Hall–Kier alpha value is -2.20. The summed E-state index contributed by atoms with van der Waals surface area (Å²) in [5.41, 5.74) is 1.39. The van der Waals surface area contributed by atoms with Crippen molar-refractivity contribution in [2.45, 2.75) is 25.4 Å². The van der Waals surface area contributed by atoms with Crippen LogP contribution in [0.1, 0.15) is 28.8 Å². The molecule has 1 heterocycles. The third kappa shape index (κ3) is 4.17. The maximum Gasteiger partial charge on any atom is 0.254 e. The largest absolute Gasteiger partial charge is 0.348 e. The van der Waals surface area contributed by atoms with Crippen LogP contribution in [0.15, 0.2) is 54.6 Å². The number of halogens is 1. The van der Waals surface area contributed by atoms with Gasteiger partial charge in [-0.1, -0.05) is 42.5 Å². The summed E-state index contributed by atoms with van der Waals surface area (Å²) in [6.45, 7) is 2.71. The van der Waals surface area contributed by atoms with Crippen molar-refractivity contribution in [1.82, 2.24) is 10.2 Å². The molecule has 0 aromatic heterocycles. The zero-order valence-electron chi connectivity index (χ0n) is 13.0. The number of benzene rings is 2. The number of hydrogen-bond donors (Lipinski definition) is 1. The van der Waals surface area contributed by atoms with E-state index in [-0.39, 0.29) is 17.5 Å². The summed E-state index contributed by atoms with van der Waals surface area (Å²) in [7, 11) is 0. The maximum atomic E-state index is 13.7. The van der Waals surface area contributed by atoms with Gasteiger partial charge in [0.05, 0.1) is 5.56 Å². The van der Waals surface area contributed by atoms with Crippen LogP contribution in [0.3, 0.4) is 0 Å². The fourth-order valence-electron chi connectivity index (χ4n) is 3.07. The first-order valence-electron chi connectivity index (χ1n) is 8.04. The zero-order chi connectivity index (χ0) is 16.1. The number of carbonyl (C=O) groups is 1. The predicted octanol–water partition coefficient (Wildman–Crippen LogP) is 3.22. The number of hydrogen-bond acceptors (Lipinski definition) is 2. The van der Waals surface area contributed by atoms with E-state index in [1.807, 2.05) is 18.2 Å². The van der Waals surface area contributed by atoms with Crippen LogP contribution in [0, 0.1) is 5.82 Å². The number of nitrogens with one attached hydrogen (secondary N) is 1. The molecule has 1 fully saturated rings. The smallest absolute Gasteiger partial charge is 0.254 e. The van der Waals surface area contributed by atoms with E-state index >= 15 is 0 Å². The average Bonchev–Trinajstić information content (AvgIpc) is 2.56. The van der Waals surface area contributed by atoms with Crippen molar-refractivity contribution in [1.29, 1.82) is 0 Å². The van der Waals surface area contributed by atoms with E-state index in [2.05, 4.69) is 22.3 Å². The number of carbonyl (C=O) groups excluding carboxylic acids is 1. The first-order valence-corrected chi connectivity index (χ1v) is 8.04. The standard InChI is InChI=1S/C19H21FN2O/c20-18-11-5-4-10-17(18)19(23)21-16-9-6-12-22(14-16)13-15-7-2-1-3-8-15/h1-5,7-8,10-11,16H,6,9,12-14H2,(H,21,23). The fraction of sp³-hybridized carbons (Fsp3) is 0.316. The highest BCUT2D eigenvalue weighted by molar-refractivity contribution is 5.94. The summed E-state index contributed by atoms with van der Waals surface area (Å²) < 4.78 is 13.7. The van der Waals surface area contributed by atoms with Crippen LogP contribution < -0.4 is 5.32 Å². The van der Waals surface area contributed by atoms with E-state index in [4.69, 9.17) is 0 Å². The summed E-state index contributed by atoms with van der Waals surface area (Å²) >= 11 is 0. The van der Waals surface area contributed by atoms with Crippen LogP contribution in [0.2, 0.25) is 0 Å². The lowest BCUT2D eigenvalue weighted by atomic mass is 10.0. The molecule has 0 saturated carbocycles. The van der Waals surface area contributed by atoms with E-state index in [1.165, 1.54) is 17.7 Å². The van der Waals surface area contributed by atoms with E-state index in [9.17, 15) is 9.18 Å². The molecule has 1 N–H and O–H groups in total. The topological polar surface area (TPSA) is 32.3 Å². The first-order chi connectivity index (χ1) is 11.2. The van der Waals surface area contributed by atoms with Gasteiger partial charge in [-0.2, -0.15) is 0 Å². The Kier molecular flexibility index (Phi) is 5.03. The maximum absolute atomic E-state index is 13.7. The van der Waals surface area contributed by atoms with Gasteiger partial charge in [-0.3, -0.25) is 9.69 Å². The Balaban J connectivity index is 1.58. The molecular weight excluding hydrogens is 291 g/mol. The number of piperidine rings is 1. The molecule has 0 spiro atoms. The molecule has 120 valence electrons. The van der Waals surface area contributed by atoms with Crippen molar-refractivity contribution in [3.63, 3.8) is 0 Å². The highest BCUT2D eigenvalue weighted by atomic mass is 19.1. The zero-order valence-corrected chi connectivity index (χ0v) is 13.0. The van der Waals surface area contributed by atoms with Crippen LogP contribution in [-0.2, 0) is 6.54 Å². The summed E-state index contributed by atoms with van der Waals surface area (Å²) in [6.07, 6.45) is 1.97. The molecule has 0 radical (unpaired) electrons. The molecular formula is C19H21FN2O. The molecule has 2 aromatic rings. The summed E-state index contributed by atoms with van der Waals surface area (Å²) in [4.78, 5) is 14.6. The van der Waals surface area contributed by atoms with Crippen molar-refractivity contribution in [2.75, 3.05) is 13.1 Å². The number of nitrogens with zero attached hydrogens (tertiary/aromatic N) is 1. The van der Waals surface area contributed by atoms with Crippen molar-refractivity contribution >= 4 is 5.91 Å². The third-order valence-electron chi connectivity index (χ3n) is 4.21. The molecule has 3 rings (SSSR count). The molecule has 1 unspecified atom stereocenters. The highest BCUT2D eigenvalue weighted by Gasteiger charge is 2.22. The van der Waals surface area contributed by atoms with Gasteiger partial charge < -0.3 is 5.32 Å². The predicted molar refractivity (Wildman–Crippen MR) is 88.6 cm³/mol. The molecule has 2 aromatic carbocycles. The summed E-state index contributed by atoms with van der Waals surface area (Å²) in [5.74, 6) is -0.795. The minimum absolute atomic E-state index is 0.0690. The Bertz CT molecular complexity index is 659. The van der Waals surface area contributed by atoms with Gasteiger partial charge in [0.25, 0.3) is 5.91 Å². The lowest BCUT2D eigenvalue weighted by Gasteiger charge is -2.33. The SMILES string of the molecule is O=C(NC1CCCN(Cc2ccccc2)C1)c1ccccc1F. The lowest BCUT2D eigenvalue weighted by molar-refractivity contribution is 0.0897. The third-order valence-corrected chi connectivity index (χ3v) is 4.21. The average molecular weight is 312 g/mol. The van der Waals surface area contributed by atoms with Crippen molar-refractivity contribution in [3.8, 4) is 0 Å². The van der Waals surface area contributed by atoms with Gasteiger partial charge in [0.1, 0.15) is 5.82 Å². The van der Waals surface area contributed by atoms with E-state index < -0.39 is 5.82 Å². The number of rotatable bonds is 4. The van der Waals surface area contributed by atoms with E-state index in [1.54, 1.807) is 12.1 Å². The van der Waals surface area contributed by atoms with Gasteiger partial charge in [0, 0.05) is 19.1 Å². The molecule has 1 atom stereocenters. The lowest BCUT2D eigenvalue weighted by Crippen LogP contribution is -2.47. The van der Waals surface area contributed by atoms with Gasteiger partial charge in [-0.15, -0.1) is 0 Å². The normalized spacial score (nSPS) is 18.6. The molecule has 3 nitrogen and oxygen atoms in total. The molecule has 1 aliphatic rings. The Labute approximate surface area is 136 Å².